The Bertz CT molecular complexity index is 450. The number of primary amides is 1. The summed E-state index contributed by atoms with van der Waals surface area (Å²) in [6.45, 7) is 4.40. The highest BCUT2D eigenvalue weighted by Gasteiger charge is 2.26. The van der Waals surface area contributed by atoms with Gasteiger partial charge < -0.3 is 11.1 Å². The van der Waals surface area contributed by atoms with Crippen molar-refractivity contribution in [2.75, 3.05) is 19.6 Å². The highest BCUT2D eigenvalue weighted by molar-refractivity contribution is 5.80. The smallest absolute Gasteiger partial charge is 0.236 e. The summed E-state index contributed by atoms with van der Waals surface area (Å²) in [6, 6.07) is 4.85. The molecule has 1 atom stereocenters. The molecule has 0 aromatic heterocycles. The van der Waals surface area contributed by atoms with Crippen LogP contribution in [-0.4, -0.2) is 36.5 Å². The van der Waals surface area contributed by atoms with E-state index in [-0.39, 0.29) is 17.8 Å². The molecule has 0 radical (unpaired) electrons. The standard InChI is InChI=1S/C13H18FN3O/c1-9-2-3-10(6-11(9)14)8-17-5-4-16-7-12(17)13(15)18/h2-3,6,12,16H,4-5,7-8H2,1H3,(H2,15,18). The van der Waals surface area contributed by atoms with Crippen molar-refractivity contribution >= 4 is 5.91 Å². The summed E-state index contributed by atoms with van der Waals surface area (Å²) in [5.74, 6) is -0.548. The second-order valence-corrected chi connectivity index (χ2v) is 4.68. The lowest BCUT2D eigenvalue weighted by Crippen LogP contribution is -2.56. The molecule has 18 heavy (non-hydrogen) atoms. The van der Waals surface area contributed by atoms with Gasteiger partial charge in [0.25, 0.3) is 0 Å². The number of hydrogen-bond acceptors (Lipinski definition) is 3. The van der Waals surface area contributed by atoms with Crippen LogP contribution in [0.3, 0.4) is 0 Å². The minimum atomic E-state index is -0.338. The third kappa shape index (κ3) is 2.86. The molecule has 0 bridgehead atoms. The normalized spacial score (nSPS) is 20.9. The van der Waals surface area contributed by atoms with Crippen molar-refractivity contribution in [1.82, 2.24) is 10.2 Å². The van der Waals surface area contributed by atoms with E-state index in [1.54, 1.807) is 13.0 Å². The number of nitrogens with one attached hydrogen (secondary N) is 1. The van der Waals surface area contributed by atoms with Crippen molar-refractivity contribution in [2.24, 2.45) is 5.73 Å². The molecule has 1 amide bonds. The molecule has 1 aliphatic rings. The molecule has 0 aliphatic carbocycles. The summed E-state index contributed by atoms with van der Waals surface area (Å²) >= 11 is 0. The van der Waals surface area contributed by atoms with Crippen molar-refractivity contribution < 1.29 is 9.18 Å². The number of hydrogen-bond donors (Lipinski definition) is 2. The SMILES string of the molecule is Cc1ccc(CN2CCNCC2C(N)=O)cc1F. The monoisotopic (exact) mass is 251 g/mol. The number of piperazine rings is 1. The first kappa shape index (κ1) is 13.0. The van der Waals surface area contributed by atoms with Crippen molar-refractivity contribution in [2.45, 2.75) is 19.5 Å². The number of rotatable bonds is 3. The second-order valence-electron chi connectivity index (χ2n) is 4.68. The van der Waals surface area contributed by atoms with Crippen LogP contribution in [0.25, 0.3) is 0 Å². The predicted octanol–water partition coefficient (Wildman–Crippen LogP) is 0.393. The molecule has 1 heterocycles. The van der Waals surface area contributed by atoms with Gasteiger partial charge in [-0.1, -0.05) is 12.1 Å². The topological polar surface area (TPSA) is 58.4 Å². The minimum Gasteiger partial charge on any atom is -0.368 e. The fourth-order valence-electron chi connectivity index (χ4n) is 2.19. The summed E-state index contributed by atoms with van der Waals surface area (Å²) in [5.41, 5.74) is 6.87. The summed E-state index contributed by atoms with van der Waals surface area (Å²) in [6.07, 6.45) is 0. The van der Waals surface area contributed by atoms with E-state index in [2.05, 4.69) is 5.32 Å². The molecule has 5 heteroatoms. The van der Waals surface area contributed by atoms with Gasteiger partial charge in [-0.05, 0) is 24.1 Å². The van der Waals surface area contributed by atoms with Crippen molar-refractivity contribution in [3.63, 3.8) is 0 Å². The number of carbonyl (C=O) groups is 1. The van der Waals surface area contributed by atoms with E-state index in [9.17, 15) is 9.18 Å². The van der Waals surface area contributed by atoms with E-state index < -0.39 is 0 Å². The van der Waals surface area contributed by atoms with Crippen molar-refractivity contribution in [3.8, 4) is 0 Å². The van der Waals surface area contributed by atoms with Crippen LogP contribution < -0.4 is 11.1 Å². The average molecular weight is 251 g/mol. The van der Waals surface area contributed by atoms with Crippen LogP contribution in [0.2, 0.25) is 0 Å². The first-order chi connectivity index (χ1) is 8.58. The van der Waals surface area contributed by atoms with E-state index in [1.165, 1.54) is 6.07 Å². The number of benzene rings is 1. The van der Waals surface area contributed by atoms with E-state index in [0.29, 0.717) is 18.7 Å². The van der Waals surface area contributed by atoms with Crippen LogP contribution in [0, 0.1) is 12.7 Å². The van der Waals surface area contributed by atoms with Gasteiger partial charge in [0.05, 0.1) is 0 Å². The minimum absolute atomic E-state index is 0.210. The van der Waals surface area contributed by atoms with Crippen LogP contribution in [0.5, 0.6) is 0 Å². The van der Waals surface area contributed by atoms with Gasteiger partial charge in [0.1, 0.15) is 11.9 Å². The third-order valence-electron chi connectivity index (χ3n) is 3.30. The lowest BCUT2D eigenvalue weighted by atomic mass is 10.1. The molecule has 1 unspecified atom stereocenters. The van der Waals surface area contributed by atoms with Crippen LogP contribution >= 0.6 is 0 Å². The van der Waals surface area contributed by atoms with Crippen molar-refractivity contribution in [3.05, 3.63) is 35.1 Å². The Hall–Kier alpha value is -1.46. The van der Waals surface area contributed by atoms with Gasteiger partial charge in [-0.15, -0.1) is 0 Å². The number of nitrogens with zero attached hydrogens (tertiary/aromatic N) is 1. The zero-order chi connectivity index (χ0) is 13.1. The molecule has 4 nitrogen and oxygen atoms in total. The Morgan fingerprint density at radius 1 is 1.61 bits per heavy atom. The summed E-state index contributed by atoms with van der Waals surface area (Å²) in [4.78, 5) is 13.3. The predicted molar refractivity (Wildman–Crippen MR) is 67.4 cm³/mol. The first-order valence-electron chi connectivity index (χ1n) is 6.07. The molecular weight excluding hydrogens is 233 g/mol. The Kier molecular flexibility index (Phi) is 3.93. The number of carbonyl (C=O) groups excluding carboxylic acids is 1. The molecule has 2 rings (SSSR count). The molecule has 0 saturated carbocycles. The second kappa shape index (κ2) is 5.46. The molecule has 0 spiro atoms. The maximum absolute atomic E-state index is 13.5. The quantitative estimate of drug-likeness (QED) is 0.817. The van der Waals surface area contributed by atoms with Gasteiger partial charge in [0, 0.05) is 26.2 Å². The number of halogens is 1. The highest BCUT2D eigenvalue weighted by atomic mass is 19.1. The molecule has 1 aromatic carbocycles. The zero-order valence-electron chi connectivity index (χ0n) is 10.4. The highest BCUT2D eigenvalue weighted by Crippen LogP contribution is 2.14. The van der Waals surface area contributed by atoms with E-state index in [1.807, 2.05) is 11.0 Å². The zero-order valence-corrected chi connectivity index (χ0v) is 10.4. The van der Waals surface area contributed by atoms with E-state index >= 15 is 0 Å². The van der Waals surface area contributed by atoms with Gasteiger partial charge >= 0.3 is 0 Å². The summed E-state index contributed by atoms with van der Waals surface area (Å²) in [7, 11) is 0. The fraction of sp³-hybridized carbons (Fsp3) is 0.462. The van der Waals surface area contributed by atoms with Crippen LogP contribution in [0.15, 0.2) is 18.2 Å². The van der Waals surface area contributed by atoms with Crippen molar-refractivity contribution in [1.29, 1.82) is 0 Å². The van der Waals surface area contributed by atoms with Gasteiger partial charge in [-0.3, -0.25) is 9.69 Å². The molecule has 98 valence electrons. The lowest BCUT2D eigenvalue weighted by Gasteiger charge is -2.34. The lowest BCUT2D eigenvalue weighted by molar-refractivity contribution is -0.124. The fourth-order valence-corrected chi connectivity index (χ4v) is 2.19. The van der Waals surface area contributed by atoms with Gasteiger partial charge in [0.15, 0.2) is 0 Å². The van der Waals surface area contributed by atoms with E-state index in [4.69, 9.17) is 5.73 Å². The maximum atomic E-state index is 13.5. The van der Waals surface area contributed by atoms with E-state index in [0.717, 1.165) is 18.7 Å². The number of aryl methyl sites for hydroxylation is 1. The Morgan fingerprint density at radius 2 is 2.39 bits per heavy atom. The molecule has 1 aliphatic heterocycles. The first-order valence-corrected chi connectivity index (χ1v) is 6.07. The number of amides is 1. The summed E-state index contributed by atoms with van der Waals surface area (Å²) in [5, 5.41) is 3.14. The van der Waals surface area contributed by atoms with Gasteiger partial charge in [-0.25, -0.2) is 4.39 Å². The largest absolute Gasteiger partial charge is 0.368 e. The number of nitrogens with two attached hydrogens (primary N) is 1. The summed E-state index contributed by atoms with van der Waals surface area (Å²) < 4.78 is 13.5. The van der Waals surface area contributed by atoms with Crippen LogP contribution in [0.1, 0.15) is 11.1 Å². The van der Waals surface area contributed by atoms with Crippen LogP contribution in [-0.2, 0) is 11.3 Å². The molecule has 1 saturated heterocycles. The van der Waals surface area contributed by atoms with Gasteiger partial charge in [0.2, 0.25) is 5.91 Å². The maximum Gasteiger partial charge on any atom is 0.236 e. The third-order valence-corrected chi connectivity index (χ3v) is 3.30. The van der Waals surface area contributed by atoms with Crippen LogP contribution in [0.4, 0.5) is 4.39 Å². The molecule has 3 N–H and O–H groups in total. The molecular formula is C13H18FN3O. The Balaban J connectivity index is 2.10. The molecule has 1 fully saturated rings. The Morgan fingerprint density at radius 3 is 3.06 bits per heavy atom. The van der Waals surface area contributed by atoms with Gasteiger partial charge in [-0.2, -0.15) is 0 Å². The average Bonchev–Trinajstić information content (AvgIpc) is 2.34. The molecule has 1 aromatic rings. The Labute approximate surface area is 106 Å².